The fourth-order valence-electron chi connectivity index (χ4n) is 2.98. The number of amides is 1. The first kappa shape index (κ1) is 15.6. The number of aromatic nitrogens is 1. The molecule has 1 fully saturated rings. The van der Waals surface area contributed by atoms with Crippen LogP contribution in [0.15, 0.2) is 30.5 Å². The lowest BCUT2D eigenvalue weighted by atomic mass is 10.1. The molecule has 2 N–H and O–H groups in total. The summed E-state index contributed by atoms with van der Waals surface area (Å²) in [5.74, 6) is 0.248. The molecular formula is C18H23N2O3+. The Bertz CT molecular complexity index is 702. The van der Waals surface area contributed by atoms with Crippen LogP contribution in [-0.4, -0.2) is 28.8 Å². The predicted octanol–water partition coefficient (Wildman–Crippen LogP) is 3.97. The minimum absolute atomic E-state index is 0.0104. The Morgan fingerprint density at radius 1 is 1.26 bits per heavy atom. The molecule has 122 valence electrons. The quantitative estimate of drug-likeness (QED) is 0.598. The standard InChI is InChI=1S/C18H22N2O3/c1-2-3-4-5-6-16-12-20(18(22)23-16)15-8-7-13-10-17(21)19-11-14(13)9-15/h7-11,16H,2-6,12H2,1H3,(H,19,21)/p+1. The van der Waals surface area contributed by atoms with Crippen molar-refractivity contribution in [3.63, 3.8) is 0 Å². The lowest BCUT2D eigenvalue weighted by Gasteiger charge is -2.13. The largest absolute Gasteiger partial charge is 0.579 e. The Morgan fingerprint density at radius 3 is 2.96 bits per heavy atom. The van der Waals surface area contributed by atoms with Gasteiger partial charge in [0.2, 0.25) is 0 Å². The van der Waals surface area contributed by atoms with Gasteiger partial charge < -0.3 is 9.84 Å². The normalized spacial score (nSPS) is 17.7. The SMILES string of the molecule is CCCCCCC1CN(c2ccc3cc([OH2+])ncc3c2)C(=O)O1. The highest BCUT2D eigenvalue weighted by molar-refractivity contribution is 5.94. The van der Waals surface area contributed by atoms with Gasteiger partial charge in [-0.3, -0.25) is 4.90 Å². The highest BCUT2D eigenvalue weighted by atomic mass is 16.6. The Kier molecular flexibility index (Phi) is 4.65. The lowest BCUT2D eigenvalue weighted by Crippen LogP contribution is -2.24. The third kappa shape index (κ3) is 3.55. The number of cyclic esters (lactones) is 1. The van der Waals surface area contributed by atoms with E-state index in [1.807, 2.05) is 18.2 Å². The predicted molar refractivity (Wildman–Crippen MR) is 91.2 cm³/mol. The summed E-state index contributed by atoms with van der Waals surface area (Å²) in [5.41, 5.74) is 0.832. The Labute approximate surface area is 135 Å². The van der Waals surface area contributed by atoms with Crippen LogP contribution in [-0.2, 0) is 4.74 Å². The molecule has 5 heteroatoms. The van der Waals surface area contributed by atoms with Gasteiger partial charge in [-0.15, -0.1) is 0 Å². The van der Waals surface area contributed by atoms with E-state index < -0.39 is 0 Å². The highest BCUT2D eigenvalue weighted by Gasteiger charge is 2.31. The summed E-state index contributed by atoms with van der Waals surface area (Å²) in [5, 5.41) is 9.44. The van der Waals surface area contributed by atoms with Crippen molar-refractivity contribution in [2.24, 2.45) is 0 Å². The number of hydrogen-bond acceptors (Lipinski definition) is 3. The molecule has 1 aromatic carbocycles. The Morgan fingerprint density at radius 2 is 2.13 bits per heavy atom. The van der Waals surface area contributed by atoms with E-state index in [2.05, 4.69) is 11.9 Å². The highest BCUT2D eigenvalue weighted by Crippen LogP contribution is 2.28. The summed E-state index contributed by atoms with van der Waals surface area (Å²) < 4.78 is 5.48. The number of anilines is 1. The maximum absolute atomic E-state index is 12.1. The van der Waals surface area contributed by atoms with Crippen LogP contribution in [0.4, 0.5) is 10.5 Å². The summed E-state index contributed by atoms with van der Waals surface area (Å²) in [7, 11) is 0. The smallest absolute Gasteiger partial charge is 0.414 e. The van der Waals surface area contributed by atoms with E-state index in [4.69, 9.17) is 9.84 Å². The minimum atomic E-state index is -0.269. The molecule has 1 amide bonds. The third-order valence-electron chi connectivity index (χ3n) is 4.27. The van der Waals surface area contributed by atoms with E-state index in [0.717, 1.165) is 29.3 Å². The van der Waals surface area contributed by atoms with Gasteiger partial charge in [0.15, 0.2) is 0 Å². The number of pyridine rings is 1. The van der Waals surface area contributed by atoms with Crippen LogP contribution in [0.5, 0.6) is 5.88 Å². The molecule has 23 heavy (non-hydrogen) atoms. The van der Waals surface area contributed by atoms with Crippen molar-refractivity contribution >= 4 is 22.6 Å². The Balaban J connectivity index is 1.69. The third-order valence-corrected chi connectivity index (χ3v) is 4.27. The molecule has 1 aromatic heterocycles. The molecular weight excluding hydrogens is 292 g/mol. The molecule has 0 radical (unpaired) electrons. The molecule has 0 aliphatic carbocycles. The zero-order chi connectivity index (χ0) is 16.2. The number of ether oxygens (including phenoxy) is 1. The topological polar surface area (TPSA) is 65.3 Å². The minimum Gasteiger partial charge on any atom is -0.579 e. The molecule has 0 spiro atoms. The molecule has 0 bridgehead atoms. The second-order valence-electron chi connectivity index (χ2n) is 6.07. The number of carbonyl (C=O) groups excluding carboxylic acids is 1. The van der Waals surface area contributed by atoms with Crippen LogP contribution in [0.3, 0.4) is 0 Å². The van der Waals surface area contributed by atoms with E-state index in [-0.39, 0.29) is 18.1 Å². The molecule has 5 nitrogen and oxygen atoms in total. The summed E-state index contributed by atoms with van der Waals surface area (Å²) in [6.07, 6.45) is 7.07. The maximum atomic E-state index is 12.1. The van der Waals surface area contributed by atoms with Crippen molar-refractivity contribution < 1.29 is 14.6 Å². The first-order valence-electron chi connectivity index (χ1n) is 8.27. The second kappa shape index (κ2) is 6.86. The zero-order valence-electron chi connectivity index (χ0n) is 13.4. The summed E-state index contributed by atoms with van der Waals surface area (Å²) in [4.78, 5) is 17.8. The number of hydrogen-bond donors (Lipinski definition) is 0. The zero-order valence-corrected chi connectivity index (χ0v) is 13.4. The van der Waals surface area contributed by atoms with Gasteiger partial charge in [-0.05, 0) is 30.4 Å². The molecule has 1 aliphatic heterocycles. The number of carbonyl (C=O) groups is 1. The fourth-order valence-corrected chi connectivity index (χ4v) is 2.98. The molecule has 3 rings (SSSR count). The van der Waals surface area contributed by atoms with Crippen LogP contribution in [0.2, 0.25) is 0 Å². The van der Waals surface area contributed by atoms with E-state index in [9.17, 15) is 4.79 Å². The number of fused-ring (bicyclic) bond motifs is 1. The molecule has 2 aromatic rings. The van der Waals surface area contributed by atoms with Crippen molar-refractivity contribution in [1.29, 1.82) is 0 Å². The van der Waals surface area contributed by atoms with Crippen molar-refractivity contribution in [2.75, 3.05) is 11.4 Å². The number of benzene rings is 1. The molecule has 1 atom stereocenters. The molecule has 2 heterocycles. The lowest BCUT2D eigenvalue weighted by molar-refractivity contribution is 0.135. The van der Waals surface area contributed by atoms with Crippen LogP contribution < -0.4 is 4.90 Å². The van der Waals surface area contributed by atoms with Gasteiger partial charge in [-0.1, -0.05) is 32.3 Å². The van der Waals surface area contributed by atoms with Crippen LogP contribution in [0.25, 0.3) is 10.8 Å². The Hall–Kier alpha value is -2.30. The van der Waals surface area contributed by atoms with Crippen molar-refractivity contribution in [3.05, 3.63) is 30.5 Å². The van der Waals surface area contributed by atoms with Gasteiger partial charge in [0.05, 0.1) is 12.6 Å². The van der Waals surface area contributed by atoms with Gasteiger partial charge in [0.25, 0.3) is 0 Å². The van der Waals surface area contributed by atoms with Gasteiger partial charge >= 0.3 is 12.0 Å². The van der Waals surface area contributed by atoms with Crippen molar-refractivity contribution in [3.8, 4) is 5.88 Å². The monoisotopic (exact) mass is 315 g/mol. The molecule has 1 saturated heterocycles. The van der Waals surface area contributed by atoms with Gasteiger partial charge in [0, 0.05) is 17.3 Å². The summed E-state index contributed by atoms with van der Waals surface area (Å²) in [6, 6.07) is 7.48. The number of unbranched alkanes of at least 4 members (excludes halogenated alkanes) is 3. The van der Waals surface area contributed by atoms with E-state index >= 15 is 0 Å². The number of rotatable bonds is 6. The van der Waals surface area contributed by atoms with E-state index in [1.165, 1.54) is 19.3 Å². The maximum Gasteiger partial charge on any atom is 0.414 e. The average Bonchev–Trinajstić information content (AvgIpc) is 2.92. The van der Waals surface area contributed by atoms with Crippen LogP contribution in [0, 0.1) is 0 Å². The number of nitrogens with zero attached hydrogens (tertiary/aromatic N) is 2. The van der Waals surface area contributed by atoms with Crippen molar-refractivity contribution in [2.45, 2.75) is 45.1 Å². The van der Waals surface area contributed by atoms with Crippen molar-refractivity contribution in [1.82, 2.24) is 4.98 Å². The van der Waals surface area contributed by atoms with Crippen LogP contribution >= 0.6 is 0 Å². The molecule has 1 unspecified atom stereocenters. The second-order valence-corrected chi connectivity index (χ2v) is 6.07. The van der Waals surface area contributed by atoms with Gasteiger partial charge in [-0.2, -0.15) is 4.98 Å². The fraction of sp³-hybridized carbons (Fsp3) is 0.444. The summed E-state index contributed by atoms with van der Waals surface area (Å²) in [6.45, 7) is 2.80. The van der Waals surface area contributed by atoms with E-state index in [0.29, 0.717) is 6.54 Å². The van der Waals surface area contributed by atoms with E-state index in [1.54, 1.807) is 17.2 Å². The summed E-state index contributed by atoms with van der Waals surface area (Å²) >= 11 is 0. The van der Waals surface area contributed by atoms with Gasteiger partial charge in [-0.25, -0.2) is 4.79 Å². The first-order chi connectivity index (χ1) is 11.2. The average molecular weight is 315 g/mol. The first-order valence-corrected chi connectivity index (χ1v) is 8.27. The van der Waals surface area contributed by atoms with Crippen LogP contribution in [0.1, 0.15) is 39.0 Å². The molecule has 0 saturated carbocycles. The molecule has 1 aliphatic rings. The van der Waals surface area contributed by atoms with Gasteiger partial charge in [0.1, 0.15) is 6.10 Å².